The van der Waals surface area contributed by atoms with Crippen LogP contribution >= 0.6 is 23.2 Å². The third kappa shape index (κ3) is 3.10. The average Bonchev–Trinajstić information content (AvgIpc) is 2.38. The van der Waals surface area contributed by atoms with Crippen LogP contribution in [0.4, 0.5) is 0 Å². The second-order valence-corrected chi connectivity index (χ2v) is 4.35. The summed E-state index contributed by atoms with van der Waals surface area (Å²) in [4.78, 5) is 8.15. The summed E-state index contributed by atoms with van der Waals surface area (Å²) >= 11 is 11.9. The minimum Gasteiger partial charge on any atom is -0.423 e. The van der Waals surface area contributed by atoms with Gasteiger partial charge in [0.1, 0.15) is 5.02 Å². The lowest BCUT2D eigenvalue weighted by atomic mass is 10.2. The maximum Gasteiger partial charge on any atom is 0.321 e. The Balaban J connectivity index is 2.16. The zero-order chi connectivity index (χ0) is 13.0. The minimum absolute atomic E-state index is 0.222. The van der Waals surface area contributed by atoms with Crippen LogP contribution in [0.1, 0.15) is 5.56 Å². The van der Waals surface area contributed by atoms with Crippen LogP contribution in [-0.4, -0.2) is 16.5 Å². The molecule has 0 saturated heterocycles. The van der Waals surface area contributed by atoms with Crippen molar-refractivity contribution in [3.05, 3.63) is 46.2 Å². The summed E-state index contributed by atoms with van der Waals surface area (Å²) in [5, 5.41) is 0.766. The van der Waals surface area contributed by atoms with Crippen LogP contribution in [0.25, 0.3) is 0 Å². The predicted octanol–water partition coefficient (Wildman–Crippen LogP) is 3.08. The second kappa shape index (κ2) is 6.00. The summed E-state index contributed by atoms with van der Waals surface area (Å²) in [6, 6.07) is 5.35. The van der Waals surface area contributed by atoms with Crippen LogP contribution < -0.4 is 10.5 Å². The highest BCUT2D eigenvalue weighted by Gasteiger charge is 2.08. The monoisotopic (exact) mass is 283 g/mol. The van der Waals surface area contributed by atoms with Crippen molar-refractivity contribution in [2.75, 3.05) is 6.54 Å². The van der Waals surface area contributed by atoms with Gasteiger partial charge in [0.2, 0.25) is 0 Å². The molecule has 0 bridgehead atoms. The molecule has 18 heavy (non-hydrogen) atoms. The molecule has 1 heterocycles. The summed E-state index contributed by atoms with van der Waals surface area (Å²) < 4.78 is 5.45. The van der Waals surface area contributed by atoms with Gasteiger partial charge in [0.05, 0.1) is 5.02 Å². The molecule has 0 aliphatic heterocycles. The van der Waals surface area contributed by atoms with Gasteiger partial charge in [0.15, 0.2) is 5.75 Å². The van der Waals surface area contributed by atoms with E-state index < -0.39 is 0 Å². The Hall–Kier alpha value is -1.36. The first-order valence-electron chi connectivity index (χ1n) is 5.33. The second-order valence-electron chi connectivity index (χ2n) is 3.57. The number of nitrogens with two attached hydrogens (primary N) is 1. The molecule has 0 atom stereocenters. The molecule has 4 nitrogen and oxygen atoms in total. The summed E-state index contributed by atoms with van der Waals surface area (Å²) in [6.07, 6.45) is 4.08. The van der Waals surface area contributed by atoms with Crippen molar-refractivity contribution >= 4 is 23.2 Å². The third-order valence-electron chi connectivity index (χ3n) is 2.23. The maximum absolute atomic E-state index is 6.00. The van der Waals surface area contributed by atoms with Gasteiger partial charge in [-0.15, -0.1) is 0 Å². The minimum atomic E-state index is 0.222. The molecule has 0 aliphatic rings. The van der Waals surface area contributed by atoms with E-state index in [0.29, 0.717) is 22.3 Å². The molecule has 0 radical (unpaired) electrons. The lowest BCUT2D eigenvalue weighted by Gasteiger charge is -2.06. The van der Waals surface area contributed by atoms with Gasteiger partial charge in [0.25, 0.3) is 0 Å². The van der Waals surface area contributed by atoms with E-state index >= 15 is 0 Å². The molecule has 2 aromatic rings. The van der Waals surface area contributed by atoms with Crippen molar-refractivity contribution < 1.29 is 4.74 Å². The van der Waals surface area contributed by atoms with E-state index in [2.05, 4.69) is 9.97 Å². The van der Waals surface area contributed by atoms with E-state index in [1.54, 1.807) is 30.6 Å². The van der Waals surface area contributed by atoms with Crippen LogP contribution in [-0.2, 0) is 6.42 Å². The van der Waals surface area contributed by atoms with Crippen molar-refractivity contribution in [1.29, 1.82) is 0 Å². The van der Waals surface area contributed by atoms with Crippen LogP contribution in [0.5, 0.6) is 11.8 Å². The molecule has 1 aromatic heterocycles. The number of ether oxygens (including phenoxy) is 1. The van der Waals surface area contributed by atoms with E-state index in [-0.39, 0.29) is 6.01 Å². The first kappa shape index (κ1) is 13.1. The van der Waals surface area contributed by atoms with E-state index in [9.17, 15) is 0 Å². The molecule has 2 rings (SSSR count). The standard InChI is InChI=1S/C12H11Cl2N3O/c13-9-2-1-3-10(11(9)14)18-12-16-6-8(4-5-15)7-17-12/h1-3,6-7H,4-5,15H2. The highest BCUT2D eigenvalue weighted by molar-refractivity contribution is 6.42. The number of aromatic nitrogens is 2. The Morgan fingerprint density at radius 2 is 1.89 bits per heavy atom. The third-order valence-corrected chi connectivity index (χ3v) is 3.03. The quantitative estimate of drug-likeness (QED) is 0.937. The number of hydrogen-bond donors (Lipinski definition) is 1. The van der Waals surface area contributed by atoms with Gasteiger partial charge in [-0.2, -0.15) is 0 Å². The fourth-order valence-electron chi connectivity index (χ4n) is 1.35. The van der Waals surface area contributed by atoms with Crippen LogP contribution in [0.3, 0.4) is 0 Å². The Kier molecular flexibility index (Phi) is 4.36. The zero-order valence-electron chi connectivity index (χ0n) is 9.44. The van der Waals surface area contributed by atoms with E-state index in [1.807, 2.05) is 0 Å². The van der Waals surface area contributed by atoms with E-state index in [4.69, 9.17) is 33.7 Å². The number of nitrogens with zero attached hydrogens (tertiary/aromatic N) is 2. The van der Waals surface area contributed by atoms with Crippen LogP contribution in [0, 0.1) is 0 Å². The summed E-state index contributed by atoms with van der Waals surface area (Å²) in [5.74, 6) is 0.427. The lowest BCUT2D eigenvalue weighted by Crippen LogP contribution is -2.03. The first-order valence-corrected chi connectivity index (χ1v) is 6.09. The fraction of sp³-hybridized carbons (Fsp3) is 0.167. The number of hydrogen-bond acceptors (Lipinski definition) is 4. The normalized spacial score (nSPS) is 10.4. The zero-order valence-corrected chi connectivity index (χ0v) is 10.9. The predicted molar refractivity (Wildman–Crippen MR) is 71.3 cm³/mol. The highest BCUT2D eigenvalue weighted by Crippen LogP contribution is 2.33. The topological polar surface area (TPSA) is 61.0 Å². The molecule has 1 aromatic carbocycles. The largest absolute Gasteiger partial charge is 0.423 e. The fourth-order valence-corrected chi connectivity index (χ4v) is 1.68. The summed E-state index contributed by atoms with van der Waals surface area (Å²) in [6.45, 7) is 0.559. The van der Waals surface area contributed by atoms with E-state index in [0.717, 1.165) is 12.0 Å². The van der Waals surface area contributed by atoms with Gasteiger partial charge in [-0.05, 0) is 30.7 Å². The number of benzene rings is 1. The van der Waals surface area contributed by atoms with Gasteiger partial charge < -0.3 is 10.5 Å². The van der Waals surface area contributed by atoms with Gasteiger partial charge in [0, 0.05) is 12.4 Å². The van der Waals surface area contributed by atoms with Gasteiger partial charge in [-0.1, -0.05) is 29.3 Å². The van der Waals surface area contributed by atoms with E-state index in [1.165, 1.54) is 0 Å². The molecule has 6 heteroatoms. The molecule has 2 N–H and O–H groups in total. The Labute approximate surface area is 115 Å². The Bertz CT molecular complexity index is 531. The SMILES string of the molecule is NCCc1cnc(Oc2cccc(Cl)c2Cl)nc1. The van der Waals surface area contributed by atoms with Gasteiger partial charge >= 0.3 is 6.01 Å². The summed E-state index contributed by atoms with van der Waals surface area (Å²) in [5.41, 5.74) is 6.40. The smallest absolute Gasteiger partial charge is 0.321 e. The molecule has 0 unspecified atom stereocenters. The van der Waals surface area contributed by atoms with Crippen LogP contribution in [0.15, 0.2) is 30.6 Å². The molecule has 0 aliphatic carbocycles. The Morgan fingerprint density at radius 3 is 2.56 bits per heavy atom. The van der Waals surface area contributed by atoms with Gasteiger partial charge in [-0.25, -0.2) is 9.97 Å². The van der Waals surface area contributed by atoms with Gasteiger partial charge in [-0.3, -0.25) is 0 Å². The number of halogens is 2. The highest BCUT2D eigenvalue weighted by atomic mass is 35.5. The molecule has 0 amide bonds. The van der Waals surface area contributed by atoms with Crippen molar-refractivity contribution in [1.82, 2.24) is 9.97 Å². The lowest BCUT2D eigenvalue weighted by molar-refractivity contribution is 0.441. The molecule has 0 spiro atoms. The van der Waals surface area contributed by atoms with Crippen molar-refractivity contribution in [3.63, 3.8) is 0 Å². The van der Waals surface area contributed by atoms with Crippen LogP contribution in [0.2, 0.25) is 10.0 Å². The molecule has 0 fully saturated rings. The molecular formula is C12H11Cl2N3O. The molecule has 0 saturated carbocycles. The van der Waals surface area contributed by atoms with Crippen molar-refractivity contribution in [2.24, 2.45) is 5.73 Å². The first-order chi connectivity index (χ1) is 8.70. The molecule has 94 valence electrons. The molecular weight excluding hydrogens is 273 g/mol. The van der Waals surface area contributed by atoms with Crippen molar-refractivity contribution in [2.45, 2.75) is 6.42 Å². The average molecular weight is 284 g/mol. The number of rotatable bonds is 4. The van der Waals surface area contributed by atoms with Crippen molar-refractivity contribution in [3.8, 4) is 11.8 Å². The Morgan fingerprint density at radius 1 is 1.17 bits per heavy atom. The maximum atomic E-state index is 6.00. The summed E-state index contributed by atoms with van der Waals surface area (Å²) in [7, 11) is 0.